The zero-order valence-corrected chi connectivity index (χ0v) is 16.9. The molecule has 0 N–H and O–H groups in total. The number of rotatable bonds is 4. The molecule has 0 radical (unpaired) electrons. The number of methoxy groups -OCH3 is 1. The molecule has 0 amide bonds. The number of nitrogens with zero attached hydrogens (tertiary/aromatic N) is 2. The van der Waals surface area contributed by atoms with Crippen molar-refractivity contribution in [2.45, 2.75) is 25.8 Å². The summed E-state index contributed by atoms with van der Waals surface area (Å²) in [6, 6.07) is 21.4. The van der Waals surface area contributed by atoms with Crippen molar-refractivity contribution in [3.8, 4) is 16.9 Å². The number of aromatic nitrogens is 1. The van der Waals surface area contributed by atoms with Crippen LogP contribution in [0.1, 0.15) is 24.8 Å². The fourth-order valence-electron chi connectivity index (χ4n) is 4.63. The molecule has 146 valence electrons. The maximum atomic E-state index is 5.80. The number of likely N-dealkylation sites (tertiary alicyclic amines) is 1. The van der Waals surface area contributed by atoms with E-state index < -0.39 is 0 Å². The van der Waals surface area contributed by atoms with Crippen molar-refractivity contribution < 1.29 is 4.74 Å². The highest BCUT2D eigenvalue weighted by molar-refractivity contribution is 6.06. The normalized spacial score (nSPS) is 15.1. The highest BCUT2D eigenvalue weighted by Gasteiger charge is 2.18. The van der Waals surface area contributed by atoms with Crippen LogP contribution < -0.4 is 4.74 Å². The summed E-state index contributed by atoms with van der Waals surface area (Å²) >= 11 is 0. The predicted octanol–water partition coefficient (Wildman–Crippen LogP) is 6.05. The van der Waals surface area contributed by atoms with Crippen LogP contribution in [0.3, 0.4) is 0 Å². The van der Waals surface area contributed by atoms with E-state index in [1.54, 1.807) is 7.11 Å². The molecule has 0 saturated carbocycles. The van der Waals surface area contributed by atoms with Gasteiger partial charge in [-0.15, -0.1) is 0 Å². The third-order valence-corrected chi connectivity index (χ3v) is 6.09. The van der Waals surface area contributed by atoms with E-state index in [1.807, 2.05) is 6.20 Å². The number of pyridine rings is 1. The van der Waals surface area contributed by atoms with E-state index in [2.05, 4.69) is 65.6 Å². The Kier molecular flexibility index (Phi) is 4.91. The Morgan fingerprint density at radius 2 is 1.69 bits per heavy atom. The zero-order chi connectivity index (χ0) is 19.6. The first-order chi connectivity index (χ1) is 14.3. The smallest absolute Gasteiger partial charge is 0.128 e. The van der Waals surface area contributed by atoms with Crippen LogP contribution in [0.5, 0.6) is 5.75 Å². The quantitative estimate of drug-likeness (QED) is 0.430. The van der Waals surface area contributed by atoms with Gasteiger partial charge in [-0.05, 0) is 66.0 Å². The molecule has 1 aromatic heterocycles. The summed E-state index contributed by atoms with van der Waals surface area (Å²) in [7, 11) is 1.74. The van der Waals surface area contributed by atoms with Gasteiger partial charge >= 0.3 is 0 Å². The van der Waals surface area contributed by atoms with Crippen molar-refractivity contribution in [2.75, 3.05) is 20.2 Å². The number of hydrogen-bond donors (Lipinski definition) is 0. The summed E-state index contributed by atoms with van der Waals surface area (Å²) in [5, 5.41) is 3.68. The summed E-state index contributed by atoms with van der Waals surface area (Å²) in [6.45, 7) is 3.37. The Bertz CT molecular complexity index is 1160. The highest BCUT2D eigenvalue weighted by Crippen LogP contribution is 2.40. The number of hydrogen-bond acceptors (Lipinski definition) is 3. The van der Waals surface area contributed by atoms with E-state index in [1.165, 1.54) is 59.6 Å². The fourth-order valence-corrected chi connectivity index (χ4v) is 4.63. The standard InChI is InChI=1S/C26H26N2O/c1-29-24-13-12-22-20(18-28-16-5-2-6-17-28)14-15-27-26(22)25(24)23-11-7-9-19-8-3-4-10-21(19)23/h3-4,7-15H,2,5-6,16-18H2,1H3. The Hall–Kier alpha value is -2.91. The number of fused-ring (bicyclic) bond motifs is 2. The number of ether oxygens (including phenoxy) is 1. The highest BCUT2D eigenvalue weighted by atomic mass is 16.5. The second-order valence-corrected chi connectivity index (χ2v) is 7.87. The van der Waals surface area contributed by atoms with Gasteiger partial charge in [0.1, 0.15) is 5.75 Å². The third kappa shape index (κ3) is 3.36. The average Bonchev–Trinajstić information content (AvgIpc) is 2.79. The minimum atomic E-state index is 0.872. The van der Waals surface area contributed by atoms with Crippen molar-refractivity contribution in [2.24, 2.45) is 0 Å². The molecule has 1 fully saturated rings. The first-order valence-electron chi connectivity index (χ1n) is 10.5. The first-order valence-corrected chi connectivity index (χ1v) is 10.5. The van der Waals surface area contributed by atoms with E-state index in [0.717, 1.165) is 23.4 Å². The molecule has 0 atom stereocenters. The van der Waals surface area contributed by atoms with Crippen LogP contribution in [-0.2, 0) is 6.54 Å². The molecule has 4 aromatic rings. The van der Waals surface area contributed by atoms with E-state index in [9.17, 15) is 0 Å². The molecule has 2 heterocycles. The van der Waals surface area contributed by atoms with Gasteiger partial charge in [0.15, 0.2) is 0 Å². The third-order valence-electron chi connectivity index (χ3n) is 6.09. The van der Waals surface area contributed by atoms with Crippen molar-refractivity contribution in [1.82, 2.24) is 9.88 Å². The van der Waals surface area contributed by atoms with Gasteiger partial charge in [-0.1, -0.05) is 48.9 Å². The van der Waals surface area contributed by atoms with Gasteiger partial charge in [-0.25, -0.2) is 0 Å². The lowest BCUT2D eigenvalue weighted by molar-refractivity contribution is 0.221. The lowest BCUT2D eigenvalue weighted by Crippen LogP contribution is -2.29. The van der Waals surface area contributed by atoms with E-state index >= 15 is 0 Å². The van der Waals surface area contributed by atoms with Gasteiger partial charge < -0.3 is 4.74 Å². The van der Waals surface area contributed by atoms with E-state index in [-0.39, 0.29) is 0 Å². The summed E-state index contributed by atoms with van der Waals surface area (Å²) in [6.07, 6.45) is 5.92. The van der Waals surface area contributed by atoms with Gasteiger partial charge in [0, 0.05) is 18.1 Å². The van der Waals surface area contributed by atoms with Gasteiger partial charge in [0.2, 0.25) is 0 Å². The molecule has 3 aromatic carbocycles. The van der Waals surface area contributed by atoms with Crippen LogP contribution in [0, 0.1) is 0 Å². The minimum absolute atomic E-state index is 0.872. The van der Waals surface area contributed by atoms with Crippen molar-refractivity contribution in [3.05, 3.63) is 72.4 Å². The average molecular weight is 383 g/mol. The molecule has 0 bridgehead atoms. The maximum absolute atomic E-state index is 5.80. The van der Waals surface area contributed by atoms with Crippen LogP contribution in [0.4, 0.5) is 0 Å². The zero-order valence-electron chi connectivity index (χ0n) is 16.9. The second-order valence-electron chi connectivity index (χ2n) is 7.87. The van der Waals surface area contributed by atoms with Crippen LogP contribution in [0.2, 0.25) is 0 Å². The largest absolute Gasteiger partial charge is 0.496 e. The van der Waals surface area contributed by atoms with Crippen LogP contribution in [0.15, 0.2) is 66.9 Å². The molecule has 5 rings (SSSR count). The molecule has 0 aliphatic carbocycles. The first kappa shape index (κ1) is 18.1. The summed E-state index contributed by atoms with van der Waals surface area (Å²) in [5.41, 5.74) is 4.63. The Morgan fingerprint density at radius 3 is 2.55 bits per heavy atom. The summed E-state index contributed by atoms with van der Waals surface area (Å²) < 4.78 is 5.80. The van der Waals surface area contributed by atoms with E-state index in [0.29, 0.717) is 0 Å². The molecule has 1 saturated heterocycles. The van der Waals surface area contributed by atoms with E-state index in [4.69, 9.17) is 9.72 Å². The SMILES string of the molecule is COc1ccc2c(CN3CCCCC3)ccnc2c1-c1cccc2ccccc12. The summed E-state index contributed by atoms with van der Waals surface area (Å²) in [5.74, 6) is 0.872. The molecular formula is C26H26N2O. The number of piperidine rings is 1. The van der Waals surface area contributed by atoms with Gasteiger partial charge in [-0.2, -0.15) is 0 Å². The molecular weight excluding hydrogens is 356 g/mol. The fraction of sp³-hybridized carbons (Fsp3) is 0.269. The Balaban J connectivity index is 1.71. The lowest BCUT2D eigenvalue weighted by atomic mass is 9.94. The van der Waals surface area contributed by atoms with Gasteiger partial charge in [0.25, 0.3) is 0 Å². The monoisotopic (exact) mass is 382 g/mol. The predicted molar refractivity (Wildman–Crippen MR) is 120 cm³/mol. The lowest BCUT2D eigenvalue weighted by Gasteiger charge is -2.27. The van der Waals surface area contributed by atoms with Gasteiger partial charge in [-0.3, -0.25) is 9.88 Å². The molecule has 3 heteroatoms. The van der Waals surface area contributed by atoms with Crippen molar-refractivity contribution >= 4 is 21.7 Å². The molecule has 0 spiro atoms. The molecule has 1 aliphatic heterocycles. The molecule has 29 heavy (non-hydrogen) atoms. The molecule has 1 aliphatic rings. The molecule has 0 unspecified atom stereocenters. The van der Waals surface area contributed by atoms with Crippen molar-refractivity contribution in [1.29, 1.82) is 0 Å². The second kappa shape index (κ2) is 7.84. The molecule has 3 nitrogen and oxygen atoms in total. The van der Waals surface area contributed by atoms with Crippen LogP contribution in [0.25, 0.3) is 32.8 Å². The van der Waals surface area contributed by atoms with Crippen LogP contribution in [-0.4, -0.2) is 30.1 Å². The minimum Gasteiger partial charge on any atom is -0.496 e. The Labute approximate surface area is 171 Å². The number of benzene rings is 3. The summed E-state index contributed by atoms with van der Waals surface area (Å²) in [4.78, 5) is 7.40. The van der Waals surface area contributed by atoms with Crippen LogP contribution >= 0.6 is 0 Å². The Morgan fingerprint density at radius 1 is 0.862 bits per heavy atom. The maximum Gasteiger partial charge on any atom is 0.128 e. The van der Waals surface area contributed by atoms with Crippen molar-refractivity contribution in [3.63, 3.8) is 0 Å². The van der Waals surface area contributed by atoms with Gasteiger partial charge in [0.05, 0.1) is 18.2 Å². The topological polar surface area (TPSA) is 25.4 Å².